The first-order valence-electron chi connectivity index (χ1n) is 12.9. The van der Waals surface area contributed by atoms with Crippen LogP contribution in [-0.2, 0) is 22.6 Å². The monoisotopic (exact) mass is 554 g/mol. The highest BCUT2D eigenvalue weighted by Crippen LogP contribution is 2.43. The molecule has 2 aromatic rings. The molecule has 0 saturated carbocycles. The van der Waals surface area contributed by atoms with Crippen molar-refractivity contribution in [3.63, 3.8) is 0 Å². The number of hydrogen-bond donors (Lipinski definition) is 0. The molecule has 2 atom stereocenters. The lowest BCUT2D eigenvalue weighted by atomic mass is 9.75. The molecule has 0 N–H and O–H groups in total. The second kappa shape index (κ2) is 10.3. The molecule has 2 saturated heterocycles. The van der Waals surface area contributed by atoms with E-state index in [1.165, 1.54) is 31.1 Å². The van der Waals surface area contributed by atoms with E-state index in [2.05, 4.69) is 4.90 Å². The van der Waals surface area contributed by atoms with Gasteiger partial charge < -0.3 is 23.7 Å². The topological polar surface area (TPSA) is 93.6 Å². The lowest BCUT2D eigenvalue weighted by Gasteiger charge is -2.48. The summed E-state index contributed by atoms with van der Waals surface area (Å²) in [5, 5.41) is 0.175. The second-order valence-electron chi connectivity index (χ2n) is 10.7. The fraction of sp³-hybridized carbons (Fsp3) is 0.500. The molecule has 1 aromatic heterocycles. The van der Waals surface area contributed by atoms with E-state index in [-0.39, 0.29) is 47.3 Å². The normalized spacial score (nSPS) is 22.5. The van der Waals surface area contributed by atoms with Crippen molar-refractivity contribution >= 4 is 29.1 Å². The van der Waals surface area contributed by atoms with Crippen LogP contribution in [0.5, 0.6) is 17.2 Å². The molecule has 0 radical (unpaired) electrons. The van der Waals surface area contributed by atoms with E-state index in [1.807, 2.05) is 10.6 Å². The minimum atomic E-state index is -1.42. The number of methoxy groups -OCH3 is 3. The van der Waals surface area contributed by atoms with Crippen molar-refractivity contribution in [2.75, 3.05) is 55.1 Å². The predicted octanol–water partition coefficient (Wildman–Crippen LogP) is 1.74. The van der Waals surface area contributed by atoms with Gasteiger partial charge in [0.15, 0.2) is 16.6 Å². The average Bonchev–Trinajstić information content (AvgIpc) is 2.94. The number of nitrogens with zero attached hydrogens (tertiary/aromatic N) is 4. The molecule has 3 aliphatic rings. The molecule has 2 fully saturated rings. The van der Waals surface area contributed by atoms with Crippen LogP contribution in [0.25, 0.3) is 0 Å². The Labute approximate surface area is 233 Å². The maximum Gasteiger partial charge on any atom is 0.250 e. The zero-order valence-corrected chi connectivity index (χ0v) is 23.7. The number of fused-ring (bicyclic) bond motifs is 4. The van der Waals surface area contributed by atoms with Gasteiger partial charge in [-0.2, -0.15) is 0 Å². The first-order chi connectivity index (χ1) is 18.6. The first-order valence-corrected chi connectivity index (χ1v) is 13.4. The van der Waals surface area contributed by atoms with Crippen LogP contribution in [0.1, 0.15) is 23.6 Å². The number of likely N-dealkylation sites (tertiary alicyclic amines) is 1. The summed E-state index contributed by atoms with van der Waals surface area (Å²) in [6.07, 6.45) is 1.10. The molecule has 0 aliphatic carbocycles. The molecular weight excluding hydrogens is 520 g/mol. The summed E-state index contributed by atoms with van der Waals surface area (Å²) in [5.74, 6) is 1.06. The fourth-order valence-corrected chi connectivity index (χ4v) is 6.73. The molecule has 2 amide bonds. The van der Waals surface area contributed by atoms with E-state index in [0.29, 0.717) is 42.4 Å². The van der Waals surface area contributed by atoms with Crippen LogP contribution in [0.15, 0.2) is 35.1 Å². The van der Waals surface area contributed by atoms with Crippen LogP contribution >= 0.6 is 12.2 Å². The molecule has 39 heavy (non-hydrogen) atoms. The van der Waals surface area contributed by atoms with Crippen molar-refractivity contribution in [1.82, 2.24) is 19.3 Å². The quantitative estimate of drug-likeness (QED) is 0.378. The Bertz CT molecular complexity index is 1340. The Balaban J connectivity index is 1.54. The molecule has 4 heterocycles. The van der Waals surface area contributed by atoms with Crippen LogP contribution < -0.4 is 19.8 Å². The standard InChI is InChI=1S/C28H34N4O6S/c1-29-25(34)28(26(35)30(2)27(29)39,12-17-10-21(36-3)24(38-5)22(11-17)37-4)16-31-13-18-9-19(15-31)20-7-6-8-23(33)32(20)14-18/h6-8,10-11,18-19H,9,12-16H2,1-5H3/t18-,19-/m0/s1. The number of carbonyl (C=O) groups is 2. The number of pyridine rings is 1. The minimum Gasteiger partial charge on any atom is -0.493 e. The molecule has 1 aromatic carbocycles. The van der Waals surface area contributed by atoms with Crippen molar-refractivity contribution in [2.45, 2.75) is 25.3 Å². The Hall–Kier alpha value is -3.44. The summed E-state index contributed by atoms with van der Waals surface area (Å²) in [5.41, 5.74) is 0.316. The predicted molar refractivity (Wildman–Crippen MR) is 148 cm³/mol. The minimum absolute atomic E-state index is 0.0175. The third-order valence-corrected chi connectivity index (χ3v) is 8.83. The Morgan fingerprint density at radius 2 is 1.56 bits per heavy atom. The first kappa shape index (κ1) is 27.1. The average molecular weight is 555 g/mol. The number of aromatic nitrogens is 1. The van der Waals surface area contributed by atoms with Gasteiger partial charge in [0.25, 0.3) is 5.56 Å². The maximum absolute atomic E-state index is 14.0. The zero-order chi connectivity index (χ0) is 28.1. The van der Waals surface area contributed by atoms with Gasteiger partial charge in [0, 0.05) is 58.0 Å². The van der Waals surface area contributed by atoms with E-state index in [1.54, 1.807) is 38.4 Å². The highest BCUT2D eigenvalue weighted by Gasteiger charge is 2.55. The maximum atomic E-state index is 14.0. The van der Waals surface area contributed by atoms with Crippen molar-refractivity contribution < 1.29 is 23.8 Å². The molecule has 11 heteroatoms. The number of ether oxygens (including phenoxy) is 3. The number of hydrogen-bond acceptors (Lipinski definition) is 8. The molecule has 10 nitrogen and oxygen atoms in total. The lowest BCUT2D eigenvalue weighted by molar-refractivity contribution is -0.157. The summed E-state index contributed by atoms with van der Waals surface area (Å²) in [6.45, 7) is 2.19. The number of benzene rings is 1. The van der Waals surface area contributed by atoms with Gasteiger partial charge >= 0.3 is 0 Å². The highest BCUT2D eigenvalue weighted by molar-refractivity contribution is 7.80. The van der Waals surface area contributed by atoms with Gasteiger partial charge in [0.2, 0.25) is 17.6 Å². The van der Waals surface area contributed by atoms with Gasteiger partial charge in [-0.3, -0.25) is 24.2 Å². The number of carbonyl (C=O) groups excluding carboxylic acids is 2. The van der Waals surface area contributed by atoms with Gasteiger partial charge in [-0.25, -0.2) is 0 Å². The van der Waals surface area contributed by atoms with Crippen molar-refractivity contribution in [3.05, 3.63) is 51.9 Å². The number of rotatable bonds is 7. The summed E-state index contributed by atoms with van der Waals surface area (Å²) in [7, 11) is 7.82. The van der Waals surface area contributed by atoms with Gasteiger partial charge in [-0.15, -0.1) is 0 Å². The third kappa shape index (κ3) is 4.47. The van der Waals surface area contributed by atoms with Crippen LogP contribution in [0.3, 0.4) is 0 Å². The van der Waals surface area contributed by atoms with Crippen molar-refractivity contribution in [3.8, 4) is 17.2 Å². The van der Waals surface area contributed by atoms with Crippen molar-refractivity contribution in [1.29, 1.82) is 0 Å². The smallest absolute Gasteiger partial charge is 0.250 e. The van der Waals surface area contributed by atoms with Crippen LogP contribution in [0.2, 0.25) is 0 Å². The fourth-order valence-electron chi connectivity index (χ4n) is 6.57. The summed E-state index contributed by atoms with van der Waals surface area (Å²) in [4.78, 5) is 45.6. The Morgan fingerprint density at radius 1 is 0.923 bits per heavy atom. The lowest BCUT2D eigenvalue weighted by Crippen LogP contribution is -2.67. The molecular formula is C28H34N4O6S. The Kier molecular flexibility index (Phi) is 7.15. The van der Waals surface area contributed by atoms with Crippen LogP contribution in [-0.4, -0.2) is 91.3 Å². The number of thiocarbonyl (C=S) groups is 1. The molecule has 5 rings (SSSR count). The van der Waals surface area contributed by atoms with Gasteiger partial charge in [-0.1, -0.05) is 6.07 Å². The molecule has 0 spiro atoms. The molecule has 208 valence electrons. The van der Waals surface area contributed by atoms with Gasteiger partial charge in [0.05, 0.1) is 21.3 Å². The SMILES string of the molecule is COc1cc(CC2(CN3C[C@@H]4C[C@@H](C3)c3cccc(=O)n3C4)C(=O)N(C)C(=S)N(C)C2=O)cc(OC)c1OC. The molecule has 2 bridgehead atoms. The van der Waals surface area contributed by atoms with E-state index < -0.39 is 5.41 Å². The molecule has 0 unspecified atom stereocenters. The Morgan fingerprint density at radius 3 is 2.15 bits per heavy atom. The summed E-state index contributed by atoms with van der Waals surface area (Å²) in [6, 6.07) is 8.98. The summed E-state index contributed by atoms with van der Waals surface area (Å²) >= 11 is 5.42. The number of piperidine rings is 1. The van der Waals surface area contributed by atoms with E-state index >= 15 is 0 Å². The number of amides is 2. The van der Waals surface area contributed by atoms with Gasteiger partial charge in [0.1, 0.15) is 5.41 Å². The highest BCUT2D eigenvalue weighted by atomic mass is 32.1. The zero-order valence-electron chi connectivity index (χ0n) is 22.9. The largest absolute Gasteiger partial charge is 0.493 e. The van der Waals surface area contributed by atoms with E-state index in [9.17, 15) is 14.4 Å². The summed E-state index contributed by atoms with van der Waals surface area (Å²) < 4.78 is 18.4. The van der Waals surface area contributed by atoms with Crippen LogP contribution in [0, 0.1) is 11.3 Å². The van der Waals surface area contributed by atoms with E-state index in [4.69, 9.17) is 26.4 Å². The third-order valence-electron chi connectivity index (χ3n) is 8.28. The van der Waals surface area contributed by atoms with E-state index in [0.717, 1.165) is 12.1 Å². The van der Waals surface area contributed by atoms with Crippen LogP contribution in [0.4, 0.5) is 0 Å². The van der Waals surface area contributed by atoms with Crippen molar-refractivity contribution in [2.24, 2.45) is 11.3 Å². The van der Waals surface area contributed by atoms with Gasteiger partial charge in [-0.05, 0) is 54.7 Å². The second-order valence-corrected chi connectivity index (χ2v) is 11.1. The molecule has 3 aliphatic heterocycles.